The third-order valence-electron chi connectivity index (χ3n) is 3.87. The fourth-order valence-corrected chi connectivity index (χ4v) is 2.39. The SMILES string of the molecule is C/C=C(/C=O)[C@H](CC(=O)OCCc1ccc(O)c(O)c1)/C(=C\O)C(=O)OC. The number of aromatic hydroxyl groups is 2. The second-order valence-electron chi connectivity index (χ2n) is 5.53. The first-order valence-corrected chi connectivity index (χ1v) is 8.08. The summed E-state index contributed by atoms with van der Waals surface area (Å²) < 4.78 is 9.66. The number of hydrogen-bond acceptors (Lipinski definition) is 8. The van der Waals surface area contributed by atoms with Gasteiger partial charge < -0.3 is 24.8 Å². The number of phenolic OH excluding ortho intramolecular Hbond substituents is 2. The van der Waals surface area contributed by atoms with Gasteiger partial charge in [0.15, 0.2) is 11.5 Å². The van der Waals surface area contributed by atoms with Gasteiger partial charge in [-0.05, 0) is 30.2 Å². The lowest BCUT2D eigenvalue weighted by atomic mass is 9.89. The van der Waals surface area contributed by atoms with Gasteiger partial charge in [0, 0.05) is 12.3 Å². The fraction of sp³-hybridized carbons (Fsp3) is 0.316. The van der Waals surface area contributed by atoms with Gasteiger partial charge in [-0.1, -0.05) is 12.1 Å². The molecule has 27 heavy (non-hydrogen) atoms. The Bertz CT molecular complexity index is 748. The van der Waals surface area contributed by atoms with Gasteiger partial charge in [0.1, 0.15) is 6.29 Å². The number of phenols is 2. The standard InChI is InChI=1S/C19H22O8/c1-3-13(10-20)14(15(11-21)19(25)26-2)9-18(24)27-7-6-12-4-5-16(22)17(23)8-12/h3-5,8,10-11,14,21-23H,6-7,9H2,1-2H3/b13-3-,15-11+/t14-/m0/s1. The number of carbonyl (C=O) groups is 3. The highest BCUT2D eigenvalue weighted by Crippen LogP contribution is 2.26. The molecule has 8 nitrogen and oxygen atoms in total. The molecule has 3 N–H and O–H groups in total. The Hall–Kier alpha value is -3.29. The highest BCUT2D eigenvalue weighted by Gasteiger charge is 2.28. The molecule has 146 valence electrons. The van der Waals surface area contributed by atoms with Crippen LogP contribution in [-0.2, 0) is 30.3 Å². The highest BCUT2D eigenvalue weighted by molar-refractivity contribution is 5.93. The van der Waals surface area contributed by atoms with E-state index in [4.69, 9.17) is 4.74 Å². The van der Waals surface area contributed by atoms with E-state index in [2.05, 4.69) is 4.74 Å². The predicted octanol–water partition coefficient (Wildman–Crippen LogP) is 1.95. The topological polar surface area (TPSA) is 130 Å². The van der Waals surface area contributed by atoms with E-state index in [-0.39, 0.29) is 42.1 Å². The van der Waals surface area contributed by atoms with Crippen molar-refractivity contribution in [3.8, 4) is 11.5 Å². The van der Waals surface area contributed by atoms with E-state index < -0.39 is 17.9 Å². The van der Waals surface area contributed by atoms with E-state index >= 15 is 0 Å². The smallest absolute Gasteiger partial charge is 0.337 e. The number of esters is 2. The molecule has 0 aliphatic heterocycles. The zero-order valence-electron chi connectivity index (χ0n) is 15.0. The van der Waals surface area contributed by atoms with Gasteiger partial charge in [0.25, 0.3) is 0 Å². The number of methoxy groups -OCH3 is 1. The van der Waals surface area contributed by atoms with Crippen LogP contribution in [0.1, 0.15) is 18.9 Å². The molecule has 0 saturated carbocycles. The Kier molecular flexibility index (Phi) is 8.58. The van der Waals surface area contributed by atoms with Crippen LogP contribution < -0.4 is 0 Å². The summed E-state index contributed by atoms with van der Waals surface area (Å²) in [4.78, 5) is 35.1. The third kappa shape index (κ3) is 6.18. The number of hydrogen-bond donors (Lipinski definition) is 3. The second kappa shape index (κ2) is 10.6. The van der Waals surface area contributed by atoms with Crippen LogP contribution in [0.25, 0.3) is 0 Å². The molecule has 1 rings (SSSR count). The first-order valence-electron chi connectivity index (χ1n) is 8.08. The maximum absolute atomic E-state index is 12.1. The van der Waals surface area contributed by atoms with Crippen molar-refractivity contribution >= 4 is 18.2 Å². The van der Waals surface area contributed by atoms with Gasteiger partial charge >= 0.3 is 11.9 Å². The second-order valence-corrected chi connectivity index (χ2v) is 5.53. The molecule has 1 aromatic rings. The molecule has 0 amide bonds. The summed E-state index contributed by atoms with van der Waals surface area (Å²) in [5, 5.41) is 28.0. The Morgan fingerprint density at radius 2 is 1.93 bits per heavy atom. The Morgan fingerprint density at radius 1 is 1.22 bits per heavy atom. The van der Waals surface area contributed by atoms with Crippen LogP contribution in [-0.4, -0.2) is 47.3 Å². The van der Waals surface area contributed by atoms with E-state index in [1.807, 2.05) is 0 Å². The van der Waals surface area contributed by atoms with Gasteiger partial charge in [0.05, 0.1) is 32.0 Å². The van der Waals surface area contributed by atoms with E-state index in [0.29, 0.717) is 18.1 Å². The van der Waals surface area contributed by atoms with Crippen LogP contribution >= 0.6 is 0 Å². The largest absolute Gasteiger partial charge is 0.515 e. The Balaban J connectivity index is 2.77. The molecule has 0 fully saturated rings. The molecule has 0 radical (unpaired) electrons. The monoisotopic (exact) mass is 378 g/mol. The first kappa shape index (κ1) is 21.8. The number of aliphatic hydroxyl groups excluding tert-OH is 1. The summed E-state index contributed by atoms with van der Waals surface area (Å²) in [5.41, 5.74) is 0.529. The van der Waals surface area contributed by atoms with Crippen molar-refractivity contribution < 1.29 is 39.2 Å². The maximum Gasteiger partial charge on any atom is 0.337 e. The van der Waals surface area contributed by atoms with Crippen molar-refractivity contribution in [2.75, 3.05) is 13.7 Å². The number of carbonyl (C=O) groups excluding carboxylic acids is 3. The van der Waals surface area contributed by atoms with E-state index in [1.165, 1.54) is 18.2 Å². The molecule has 0 spiro atoms. The number of rotatable bonds is 9. The van der Waals surface area contributed by atoms with Crippen LogP contribution in [0.3, 0.4) is 0 Å². The number of ether oxygens (including phenoxy) is 2. The molecule has 0 aliphatic rings. The Labute approximate surface area is 156 Å². The van der Waals surface area contributed by atoms with Crippen molar-refractivity contribution in [1.29, 1.82) is 0 Å². The zero-order chi connectivity index (χ0) is 20.4. The molecule has 0 aromatic heterocycles. The predicted molar refractivity (Wildman–Crippen MR) is 95.1 cm³/mol. The summed E-state index contributed by atoms with van der Waals surface area (Å²) >= 11 is 0. The maximum atomic E-state index is 12.1. The van der Waals surface area contributed by atoms with Gasteiger partial charge in [-0.2, -0.15) is 0 Å². The lowest BCUT2D eigenvalue weighted by Gasteiger charge is -2.17. The zero-order valence-corrected chi connectivity index (χ0v) is 15.0. The average Bonchev–Trinajstić information content (AvgIpc) is 2.65. The minimum Gasteiger partial charge on any atom is -0.515 e. The molecule has 0 saturated heterocycles. The van der Waals surface area contributed by atoms with E-state index in [1.54, 1.807) is 13.0 Å². The quantitative estimate of drug-likeness (QED) is 0.195. The summed E-state index contributed by atoms with van der Waals surface area (Å²) in [5.74, 6) is -3.09. The van der Waals surface area contributed by atoms with Crippen LogP contribution in [0.4, 0.5) is 0 Å². The molecular formula is C19H22O8. The van der Waals surface area contributed by atoms with Crippen molar-refractivity contribution in [3.05, 3.63) is 47.2 Å². The lowest BCUT2D eigenvalue weighted by molar-refractivity contribution is -0.144. The molecule has 1 atom stereocenters. The number of allylic oxidation sites excluding steroid dienone is 2. The molecular weight excluding hydrogens is 356 g/mol. The Morgan fingerprint density at radius 3 is 2.44 bits per heavy atom. The van der Waals surface area contributed by atoms with Gasteiger partial charge in [-0.15, -0.1) is 0 Å². The van der Waals surface area contributed by atoms with Crippen molar-refractivity contribution in [3.63, 3.8) is 0 Å². The molecule has 8 heteroatoms. The molecule has 0 heterocycles. The molecule has 0 aliphatic carbocycles. The van der Waals surface area contributed by atoms with Crippen molar-refractivity contribution in [2.24, 2.45) is 5.92 Å². The third-order valence-corrected chi connectivity index (χ3v) is 3.87. The summed E-state index contributed by atoms with van der Waals surface area (Å²) in [6, 6.07) is 4.24. The summed E-state index contributed by atoms with van der Waals surface area (Å²) in [6.07, 6.45) is 2.37. The van der Waals surface area contributed by atoms with Crippen molar-refractivity contribution in [1.82, 2.24) is 0 Å². The highest BCUT2D eigenvalue weighted by atomic mass is 16.5. The lowest BCUT2D eigenvalue weighted by Crippen LogP contribution is -2.22. The van der Waals surface area contributed by atoms with Gasteiger partial charge in [0.2, 0.25) is 0 Å². The van der Waals surface area contributed by atoms with Crippen LogP contribution in [0, 0.1) is 5.92 Å². The van der Waals surface area contributed by atoms with Gasteiger partial charge in [-0.25, -0.2) is 4.79 Å². The first-order chi connectivity index (χ1) is 12.9. The number of aliphatic hydroxyl groups is 1. The van der Waals surface area contributed by atoms with E-state index in [9.17, 15) is 29.7 Å². The average molecular weight is 378 g/mol. The molecule has 0 unspecified atom stereocenters. The van der Waals surface area contributed by atoms with Crippen LogP contribution in [0.5, 0.6) is 11.5 Å². The fourth-order valence-electron chi connectivity index (χ4n) is 2.39. The van der Waals surface area contributed by atoms with Gasteiger partial charge in [-0.3, -0.25) is 9.59 Å². The molecule has 1 aromatic carbocycles. The van der Waals surface area contributed by atoms with Crippen LogP contribution in [0.2, 0.25) is 0 Å². The summed E-state index contributed by atoms with van der Waals surface area (Å²) in [7, 11) is 1.12. The van der Waals surface area contributed by atoms with E-state index in [0.717, 1.165) is 7.11 Å². The molecule has 0 bridgehead atoms. The van der Waals surface area contributed by atoms with Crippen LogP contribution in [0.15, 0.2) is 41.7 Å². The minimum absolute atomic E-state index is 0.0154. The number of benzene rings is 1. The normalized spacial score (nSPS) is 13.0. The summed E-state index contributed by atoms with van der Waals surface area (Å²) in [6.45, 7) is 1.55. The van der Waals surface area contributed by atoms with Crippen molar-refractivity contribution in [2.45, 2.75) is 19.8 Å². The number of aldehydes is 1. The minimum atomic E-state index is -1.00.